The maximum absolute atomic E-state index is 12.6. The molecule has 0 radical (unpaired) electrons. The molecule has 0 aliphatic carbocycles. The zero-order valence-corrected chi connectivity index (χ0v) is 17.7. The van der Waals surface area contributed by atoms with Crippen molar-refractivity contribution in [2.75, 3.05) is 5.32 Å². The van der Waals surface area contributed by atoms with Crippen LogP contribution in [0, 0.1) is 11.3 Å². The number of carbonyl (C=O) groups is 2. The smallest absolute Gasteiger partial charge is 0.412 e. The van der Waals surface area contributed by atoms with E-state index in [0.29, 0.717) is 35.9 Å². The Balaban J connectivity index is 1.79. The third-order valence-corrected chi connectivity index (χ3v) is 5.01. The van der Waals surface area contributed by atoms with Gasteiger partial charge in [-0.1, -0.05) is 36.4 Å². The summed E-state index contributed by atoms with van der Waals surface area (Å²) in [6.45, 7) is 0. The van der Waals surface area contributed by atoms with E-state index in [9.17, 15) is 14.7 Å². The first kappa shape index (κ1) is 23.3. The van der Waals surface area contributed by atoms with Gasteiger partial charge in [0, 0.05) is 22.7 Å². The van der Waals surface area contributed by atoms with E-state index < -0.39 is 18.1 Å². The van der Waals surface area contributed by atoms with Crippen LogP contribution in [-0.2, 0) is 9.53 Å². The van der Waals surface area contributed by atoms with Gasteiger partial charge in [-0.3, -0.25) is 15.3 Å². The Bertz CT molecular complexity index is 1200. The number of fused-ring (bicyclic) bond motifs is 1. The first-order valence-electron chi connectivity index (χ1n) is 10.3. The van der Waals surface area contributed by atoms with Crippen LogP contribution in [0.4, 0.5) is 10.5 Å². The molecule has 4 N–H and O–H groups in total. The van der Waals surface area contributed by atoms with Gasteiger partial charge in [0.1, 0.15) is 11.9 Å². The molecule has 33 heavy (non-hydrogen) atoms. The molecule has 0 spiro atoms. The van der Waals surface area contributed by atoms with Crippen LogP contribution in [0.1, 0.15) is 36.5 Å². The van der Waals surface area contributed by atoms with E-state index >= 15 is 0 Å². The van der Waals surface area contributed by atoms with Crippen molar-refractivity contribution >= 4 is 28.5 Å². The Morgan fingerprint density at radius 1 is 1.06 bits per heavy atom. The van der Waals surface area contributed by atoms with Crippen molar-refractivity contribution in [1.29, 1.82) is 5.26 Å². The summed E-state index contributed by atoms with van der Waals surface area (Å²) in [6, 6.07) is 19.0. The maximum atomic E-state index is 12.6. The second-order valence-corrected chi connectivity index (χ2v) is 7.24. The number of hydrogen-bond donors (Lipinski definition) is 4. The van der Waals surface area contributed by atoms with E-state index in [2.05, 4.69) is 5.32 Å². The number of unbranched alkanes of at least 4 members (excludes halogenated alkanes) is 1. The zero-order chi connectivity index (χ0) is 23.6. The minimum atomic E-state index is -0.655. The highest BCUT2D eigenvalue weighted by atomic mass is 16.6. The molecule has 0 fully saturated rings. The van der Waals surface area contributed by atoms with Gasteiger partial charge in [0.25, 0.3) is 5.91 Å². The average molecular weight is 445 g/mol. The number of carbonyl (C=O) groups excluding carboxylic acids is 2. The largest absolute Gasteiger partial charge is 0.507 e. The van der Waals surface area contributed by atoms with E-state index in [4.69, 9.17) is 15.2 Å². The summed E-state index contributed by atoms with van der Waals surface area (Å²) in [5, 5.41) is 31.7. The lowest BCUT2D eigenvalue weighted by Gasteiger charge is -2.20. The Morgan fingerprint density at radius 2 is 1.79 bits per heavy atom. The second kappa shape index (κ2) is 11.3. The molecule has 3 aromatic rings. The lowest BCUT2D eigenvalue weighted by molar-refractivity contribution is -0.124. The molecule has 0 aromatic heterocycles. The lowest BCUT2D eigenvalue weighted by Crippen LogP contribution is -2.18. The molecule has 168 valence electrons. The minimum absolute atomic E-state index is 0.132. The molecule has 0 aliphatic rings. The third kappa shape index (κ3) is 6.32. The molecule has 3 rings (SSSR count). The molecule has 0 saturated heterocycles. The number of ether oxygens (including phenoxy) is 1. The number of hydroxylamine groups is 1. The van der Waals surface area contributed by atoms with E-state index in [1.54, 1.807) is 48.5 Å². The predicted molar refractivity (Wildman–Crippen MR) is 123 cm³/mol. The minimum Gasteiger partial charge on any atom is -0.507 e. The fourth-order valence-corrected chi connectivity index (χ4v) is 3.42. The van der Waals surface area contributed by atoms with Crippen molar-refractivity contribution < 1.29 is 24.6 Å². The van der Waals surface area contributed by atoms with Gasteiger partial charge in [0.2, 0.25) is 0 Å². The number of aromatic hydroxyl groups is 1. The van der Waals surface area contributed by atoms with Crippen LogP contribution in [0.5, 0.6) is 5.75 Å². The molecule has 1 atom stereocenters. The summed E-state index contributed by atoms with van der Waals surface area (Å²) in [5.41, 5.74) is 3.24. The maximum Gasteiger partial charge on any atom is 0.412 e. The lowest BCUT2D eigenvalue weighted by atomic mass is 9.96. The van der Waals surface area contributed by atoms with Crippen LogP contribution >= 0.6 is 0 Å². The van der Waals surface area contributed by atoms with Crippen LogP contribution < -0.4 is 10.8 Å². The van der Waals surface area contributed by atoms with Gasteiger partial charge < -0.3 is 9.84 Å². The topological polar surface area (TPSA) is 132 Å². The average Bonchev–Trinajstić information content (AvgIpc) is 2.84. The molecule has 3 aromatic carbocycles. The summed E-state index contributed by atoms with van der Waals surface area (Å²) in [5.74, 6) is -0.484. The highest BCUT2D eigenvalue weighted by Gasteiger charge is 2.20. The molecule has 0 aliphatic heterocycles. The first-order valence-corrected chi connectivity index (χ1v) is 10.3. The molecule has 0 heterocycles. The number of rotatable bonds is 8. The van der Waals surface area contributed by atoms with Crippen LogP contribution in [0.25, 0.3) is 10.8 Å². The van der Waals surface area contributed by atoms with E-state index in [0.717, 1.165) is 10.9 Å². The highest BCUT2D eigenvalue weighted by Crippen LogP contribution is 2.34. The fourth-order valence-electron chi connectivity index (χ4n) is 3.42. The summed E-state index contributed by atoms with van der Waals surface area (Å²) < 4.78 is 5.75. The fraction of sp³-hybridized carbons (Fsp3) is 0.160. The van der Waals surface area contributed by atoms with Crippen molar-refractivity contribution in [2.45, 2.75) is 25.4 Å². The van der Waals surface area contributed by atoms with Crippen LogP contribution in [-0.4, -0.2) is 22.3 Å². The molecule has 2 amide bonds. The number of nitrogens with one attached hydrogen (secondary N) is 2. The van der Waals surface area contributed by atoms with Crippen LogP contribution in [0.15, 0.2) is 72.8 Å². The van der Waals surface area contributed by atoms with Gasteiger partial charge in [-0.25, -0.2) is 10.3 Å². The molecule has 0 saturated carbocycles. The number of allylic oxidation sites excluding steroid dienone is 1. The van der Waals surface area contributed by atoms with Crippen molar-refractivity contribution in [1.82, 2.24) is 5.48 Å². The number of nitrogens with zero attached hydrogens (tertiary/aromatic N) is 1. The molecule has 8 heteroatoms. The van der Waals surface area contributed by atoms with Gasteiger partial charge in [-0.15, -0.1) is 0 Å². The van der Waals surface area contributed by atoms with Gasteiger partial charge in [-0.2, -0.15) is 5.26 Å². The third-order valence-electron chi connectivity index (χ3n) is 5.01. The monoisotopic (exact) mass is 445 g/mol. The van der Waals surface area contributed by atoms with Crippen molar-refractivity contribution in [2.24, 2.45) is 0 Å². The number of hydrogen-bond acceptors (Lipinski definition) is 6. The van der Waals surface area contributed by atoms with E-state index in [1.807, 2.05) is 24.3 Å². The van der Waals surface area contributed by atoms with Gasteiger partial charge in [-0.05, 0) is 55.0 Å². The summed E-state index contributed by atoms with van der Waals surface area (Å²) in [6.07, 6.45) is 3.16. The normalized spacial score (nSPS) is 11.6. The quantitative estimate of drug-likeness (QED) is 0.168. The second-order valence-electron chi connectivity index (χ2n) is 7.24. The molecule has 8 nitrogen and oxygen atoms in total. The van der Waals surface area contributed by atoms with Crippen LogP contribution in [0.2, 0.25) is 0 Å². The highest BCUT2D eigenvalue weighted by molar-refractivity contribution is 5.91. The number of anilines is 1. The number of phenolic OH excluding ortho intramolecular Hbond substituents is 1. The van der Waals surface area contributed by atoms with Gasteiger partial charge in [0.15, 0.2) is 0 Å². The predicted octanol–water partition coefficient (Wildman–Crippen LogP) is 4.94. The van der Waals surface area contributed by atoms with Gasteiger partial charge >= 0.3 is 6.09 Å². The van der Waals surface area contributed by atoms with E-state index in [1.165, 1.54) is 11.6 Å². The van der Waals surface area contributed by atoms with Gasteiger partial charge in [0.05, 0.1) is 11.6 Å². The Labute approximate surface area is 190 Å². The van der Waals surface area contributed by atoms with Crippen molar-refractivity contribution in [3.05, 3.63) is 83.9 Å². The summed E-state index contributed by atoms with van der Waals surface area (Å²) >= 11 is 0. The van der Waals surface area contributed by atoms with E-state index in [-0.39, 0.29) is 5.75 Å². The SMILES string of the molecule is N#Cc1ccc(NC(=O)O[C@H](CCC/C=C/C(=O)NO)c2ccc(O)c3ccccc23)cc1. The number of phenols is 1. The standard InChI is InChI=1S/C25H23N3O5/c26-16-17-10-12-18(13-11-17)27-25(31)33-23(8-2-1-3-9-24(30)28-32)21-14-15-22(29)20-7-5-4-6-19(20)21/h3-7,9-15,23,29,32H,1-2,8H2,(H,27,31)(H,28,30)/b9-3+/t23-/m1/s1. The molecular formula is C25H23N3O5. The Kier molecular flexibility index (Phi) is 8.00. The van der Waals surface area contributed by atoms with Crippen molar-refractivity contribution in [3.63, 3.8) is 0 Å². The Morgan fingerprint density at radius 3 is 2.48 bits per heavy atom. The number of nitriles is 1. The number of benzene rings is 3. The molecule has 0 bridgehead atoms. The molecular weight excluding hydrogens is 422 g/mol. The number of amides is 2. The summed E-state index contributed by atoms with van der Waals surface area (Å²) in [7, 11) is 0. The summed E-state index contributed by atoms with van der Waals surface area (Å²) in [4.78, 5) is 23.7. The zero-order valence-electron chi connectivity index (χ0n) is 17.7. The van der Waals surface area contributed by atoms with Crippen LogP contribution in [0.3, 0.4) is 0 Å². The Hall–Kier alpha value is -4.35. The first-order chi connectivity index (χ1) is 16.0. The molecule has 0 unspecified atom stereocenters. The van der Waals surface area contributed by atoms with Crippen molar-refractivity contribution in [3.8, 4) is 11.8 Å².